The highest BCUT2D eigenvalue weighted by molar-refractivity contribution is 5.95. The Hall–Kier alpha value is -4.01. The minimum absolute atomic E-state index is 0.0930. The summed E-state index contributed by atoms with van der Waals surface area (Å²) in [5, 5.41) is 25.6. The number of aliphatic carboxylic acids is 2. The molecule has 1 heterocycles. The summed E-state index contributed by atoms with van der Waals surface area (Å²) in [6.45, 7) is 3.53. The third-order valence-electron chi connectivity index (χ3n) is 4.98. The number of primary amides is 1. The van der Waals surface area contributed by atoms with Crippen LogP contribution < -0.4 is 27.4 Å². The molecule has 0 fully saturated rings. The average Bonchev–Trinajstić information content (AvgIpc) is 3.28. The van der Waals surface area contributed by atoms with Crippen LogP contribution in [0.4, 0.5) is 0 Å². The fraction of sp³-hybridized carbons (Fsp3) is 0.571. The Kier molecular flexibility index (Phi) is 12.0. The number of amides is 4. The van der Waals surface area contributed by atoms with Crippen molar-refractivity contribution in [3.63, 3.8) is 0 Å². The summed E-state index contributed by atoms with van der Waals surface area (Å²) in [4.78, 5) is 78.4. The first kappa shape index (κ1) is 30.0. The van der Waals surface area contributed by atoms with Crippen molar-refractivity contribution in [1.82, 2.24) is 25.9 Å². The number of carbonyl (C=O) groups is 6. The quantitative estimate of drug-likeness (QED) is 0.117. The molecule has 0 aliphatic heterocycles. The van der Waals surface area contributed by atoms with Gasteiger partial charge in [-0.3, -0.25) is 24.0 Å². The summed E-state index contributed by atoms with van der Waals surface area (Å²) in [5.41, 5.74) is 11.2. The van der Waals surface area contributed by atoms with Crippen LogP contribution in [0.5, 0.6) is 0 Å². The largest absolute Gasteiger partial charge is 0.481 e. The van der Waals surface area contributed by atoms with E-state index in [4.69, 9.17) is 11.5 Å². The van der Waals surface area contributed by atoms with Crippen LogP contribution >= 0.6 is 0 Å². The number of rotatable bonds is 16. The van der Waals surface area contributed by atoms with E-state index in [9.17, 15) is 39.0 Å². The van der Waals surface area contributed by atoms with Crippen molar-refractivity contribution in [3.8, 4) is 0 Å². The Morgan fingerprint density at radius 2 is 1.56 bits per heavy atom. The number of nitrogens with zero attached hydrogens (tertiary/aromatic N) is 1. The van der Waals surface area contributed by atoms with E-state index >= 15 is 0 Å². The number of hydrogen-bond acceptors (Lipinski definition) is 8. The molecule has 4 amide bonds. The van der Waals surface area contributed by atoms with Crippen LogP contribution in [-0.2, 0) is 35.2 Å². The highest BCUT2D eigenvalue weighted by atomic mass is 16.4. The Labute approximate surface area is 206 Å². The number of carbonyl (C=O) groups excluding carboxylic acids is 4. The summed E-state index contributed by atoms with van der Waals surface area (Å²) in [5.74, 6) is -6.19. The molecule has 0 aliphatic carbocycles. The van der Waals surface area contributed by atoms with Crippen molar-refractivity contribution in [2.75, 3.05) is 0 Å². The second kappa shape index (κ2) is 14.4. The van der Waals surface area contributed by atoms with E-state index in [1.54, 1.807) is 13.8 Å². The van der Waals surface area contributed by atoms with Gasteiger partial charge in [-0.2, -0.15) is 0 Å². The molecule has 0 radical (unpaired) electrons. The molecular formula is C21H33N7O8. The van der Waals surface area contributed by atoms with Gasteiger partial charge in [0.25, 0.3) is 0 Å². The molecule has 15 heteroatoms. The predicted molar refractivity (Wildman–Crippen MR) is 124 cm³/mol. The van der Waals surface area contributed by atoms with Gasteiger partial charge < -0.3 is 42.6 Å². The zero-order valence-corrected chi connectivity index (χ0v) is 20.0. The Morgan fingerprint density at radius 1 is 0.972 bits per heavy atom. The van der Waals surface area contributed by atoms with E-state index in [2.05, 4.69) is 25.9 Å². The molecule has 4 unspecified atom stereocenters. The topological polar surface area (TPSA) is 260 Å². The molecule has 10 N–H and O–H groups in total. The summed E-state index contributed by atoms with van der Waals surface area (Å²) in [6.07, 6.45) is 1.65. The van der Waals surface area contributed by atoms with E-state index in [0.29, 0.717) is 5.69 Å². The van der Waals surface area contributed by atoms with Crippen LogP contribution in [0.25, 0.3) is 0 Å². The van der Waals surface area contributed by atoms with Gasteiger partial charge in [0.15, 0.2) is 0 Å². The molecule has 15 nitrogen and oxygen atoms in total. The van der Waals surface area contributed by atoms with E-state index in [0.717, 1.165) is 0 Å². The lowest BCUT2D eigenvalue weighted by molar-refractivity contribution is -0.143. The second-order valence-corrected chi connectivity index (χ2v) is 8.64. The number of carboxylic acids is 2. The first-order chi connectivity index (χ1) is 16.8. The highest BCUT2D eigenvalue weighted by Crippen LogP contribution is 2.08. The molecule has 0 saturated carbocycles. The van der Waals surface area contributed by atoms with E-state index in [1.807, 2.05) is 0 Å². The molecule has 1 aromatic heterocycles. The van der Waals surface area contributed by atoms with Gasteiger partial charge in [-0.05, 0) is 18.8 Å². The Morgan fingerprint density at radius 3 is 2.06 bits per heavy atom. The van der Waals surface area contributed by atoms with Gasteiger partial charge in [-0.1, -0.05) is 13.8 Å². The standard InChI is InChI=1S/C21H33N7O8/c1-10(2)5-13(19(33)28-15(21(35)36)6-11-8-24-9-25-11)27-20(34)14(7-17(30)31)26-18(32)12(22)3-4-16(23)29/h8-10,12-15H,3-7,22H2,1-2H3,(H2,23,29)(H,24,25)(H,26,32)(H,27,34)(H,28,33)(H,30,31)(H,35,36). The molecule has 0 bridgehead atoms. The van der Waals surface area contributed by atoms with Crippen LogP contribution in [0.1, 0.15) is 45.2 Å². The van der Waals surface area contributed by atoms with Gasteiger partial charge in [0.2, 0.25) is 23.6 Å². The number of H-pyrrole nitrogens is 1. The van der Waals surface area contributed by atoms with E-state index in [-0.39, 0.29) is 31.6 Å². The van der Waals surface area contributed by atoms with E-state index in [1.165, 1.54) is 12.5 Å². The maximum atomic E-state index is 12.9. The van der Waals surface area contributed by atoms with Crippen molar-refractivity contribution in [1.29, 1.82) is 0 Å². The number of carboxylic acid groups (broad SMARTS) is 2. The maximum absolute atomic E-state index is 12.9. The van der Waals surface area contributed by atoms with Crippen molar-refractivity contribution < 1.29 is 39.0 Å². The summed E-state index contributed by atoms with van der Waals surface area (Å²) < 4.78 is 0. The Balaban J connectivity index is 2.96. The minimum Gasteiger partial charge on any atom is -0.481 e. The molecule has 0 aromatic carbocycles. The molecule has 0 spiro atoms. The lowest BCUT2D eigenvalue weighted by Crippen LogP contribution is -2.58. The fourth-order valence-corrected chi connectivity index (χ4v) is 3.16. The number of aromatic nitrogens is 2. The zero-order chi connectivity index (χ0) is 27.4. The van der Waals surface area contributed by atoms with Gasteiger partial charge in [-0.15, -0.1) is 0 Å². The first-order valence-corrected chi connectivity index (χ1v) is 11.2. The Bertz CT molecular complexity index is 935. The normalized spacial score (nSPS) is 14.2. The molecule has 1 rings (SSSR count). The van der Waals surface area contributed by atoms with Crippen molar-refractivity contribution in [3.05, 3.63) is 18.2 Å². The maximum Gasteiger partial charge on any atom is 0.326 e. The van der Waals surface area contributed by atoms with Gasteiger partial charge in [-0.25, -0.2) is 9.78 Å². The molecule has 200 valence electrons. The number of nitrogens with one attached hydrogen (secondary N) is 4. The lowest BCUT2D eigenvalue weighted by Gasteiger charge is -2.25. The smallest absolute Gasteiger partial charge is 0.326 e. The van der Waals surface area contributed by atoms with Crippen LogP contribution in [0, 0.1) is 5.92 Å². The molecule has 0 saturated heterocycles. The van der Waals surface area contributed by atoms with Gasteiger partial charge >= 0.3 is 11.9 Å². The number of imidazole rings is 1. The molecule has 36 heavy (non-hydrogen) atoms. The van der Waals surface area contributed by atoms with Gasteiger partial charge in [0.1, 0.15) is 18.1 Å². The second-order valence-electron chi connectivity index (χ2n) is 8.64. The SMILES string of the molecule is CC(C)CC(NC(=O)C(CC(=O)O)NC(=O)C(N)CCC(N)=O)C(=O)NC(Cc1cnc[nH]1)C(=O)O. The average molecular weight is 512 g/mol. The van der Waals surface area contributed by atoms with Crippen molar-refractivity contribution in [2.45, 2.75) is 70.1 Å². The third-order valence-corrected chi connectivity index (χ3v) is 4.98. The van der Waals surface area contributed by atoms with Crippen LogP contribution in [0.2, 0.25) is 0 Å². The summed E-state index contributed by atoms with van der Waals surface area (Å²) in [7, 11) is 0. The number of hydrogen-bond donors (Lipinski definition) is 8. The van der Waals surface area contributed by atoms with E-state index < -0.39 is 66.2 Å². The highest BCUT2D eigenvalue weighted by Gasteiger charge is 2.32. The van der Waals surface area contributed by atoms with Gasteiger partial charge in [0, 0.05) is 24.7 Å². The van der Waals surface area contributed by atoms with Crippen molar-refractivity contribution >= 4 is 35.6 Å². The van der Waals surface area contributed by atoms with Crippen LogP contribution in [-0.4, -0.2) is 79.9 Å². The fourth-order valence-electron chi connectivity index (χ4n) is 3.16. The minimum atomic E-state index is -1.59. The molecular weight excluding hydrogens is 478 g/mol. The van der Waals surface area contributed by atoms with Crippen LogP contribution in [0.3, 0.4) is 0 Å². The predicted octanol–water partition coefficient (Wildman–Crippen LogP) is -2.40. The first-order valence-electron chi connectivity index (χ1n) is 11.2. The molecule has 4 atom stereocenters. The monoisotopic (exact) mass is 511 g/mol. The third kappa shape index (κ3) is 10.9. The van der Waals surface area contributed by atoms with Gasteiger partial charge in [0.05, 0.1) is 18.8 Å². The van der Waals surface area contributed by atoms with Crippen LogP contribution in [0.15, 0.2) is 12.5 Å². The molecule has 1 aromatic rings. The number of aromatic amines is 1. The lowest BCUT2D eigenvalue weighted by atomic mass is 10.0. The number of nitrogens with two attached hydrogens (primary N) is 2. The molecule has 0 aliphatic rings. The zero-order valence-electron chi connectivity index (χ0n) is 20.0. The summed E-state index contributed by atoms with van der Waals surface area (Å²) in [6, 6.07) is -5.37. The summed E-state index contributed by atoms with van der Waals surface area (Å²) >= 11 is 0. The van der Waals surface area contributed by atoms with Crippen molar-refractivity contribution in [2.24, 2.45) is 17.4 Å².